The molecule has 0 radical (unpaired) electrons. The highest BCUT2D eigenvalue weighted by atomic mass is 79.9. The molecule has 3 nitrogen and oxygen atoms in total. The van der Waals surface area contributed by atoms with E-state index >= 15 is 0 Å². The van der Waals surface area contributed by atoms with Crippen LogP contribution in [0, 0.1) is 0 Å². The van der Waals surface area contributed by atoms with Crippen LogP contribution >= 0.6 is 28.7 Å². The number of hydrogen-bond donors (Lipinski definition) is 1. The van der Waals surface area contributed by atoms with Crippen LogP contribution < -0.4 is 0 Å². The first-order valence-corrected chi connectivity index (χ1v) is 10.5. The number of rotatable bonds is 5. The summed E-state index contributed by atoms with van der Waals surface area (Å²) >= 11 is 1.74. The van der Waals surface area contributed by atoms with Gasteiger partial charge in [-0.2, -0.15) is 0 Å². The topological polar surface area (TPSA) is 40.5 Å². The lowest BCUT2D eigenvalue weighted by atomic mass is 9.63. The van der Waals surface area contributed by atoms with Gasteiger partial charge in [-0.15, -0.1) is 28.7 Å². The van der Waals surface area contributed by atoms with Gasteiger partial charge < -0.3 is 10.0 Å². The van der Waals surface area contributed by atoms with Crippen LogP contribution in [0.1, 0.15) is 75.4 Å². The van der Waals surface area contributed by atoms with Crippen molar-refractivity contribution in [2.75, 3.05) is 19.0 Å². The maximum Gasteiger partial charge on any atom is 0.182 e. The van der Waals surface area contributed by atoms with Crippen LogP contribution in [0.15, 0.2) is 28.8 Å². The zero-order valence-electron chi connectivity index (χ0n) is 17.1. The molecule has 1 aliphatic heterocycles. The second-order valence-electron chi connectivity index (χ2n) is 8.90. The van der Waals surface area contributed by atoms with Gasteiger partial charge in [0.2, 0.25) is 0 Å². The van der Waals surface area contributed by atoms with E-state index in [1.165, 1.54) is 22.5 Å². The molecule has 150 valence electrons. The fraction of sp³-hybridized carbons (Fsp3) is 0.591. The molecule has 1 aromatic carbocycles. The number of allylic oxidation sites excluding steroid dienone is 1. The zero-order valence-corrected chi connectivity index (χ0v) is 19.6. The largest absolute Gasteiger partial charge is 0.396 e. The Kier molecular flexibility index (Phi) is 6.92. The third kappa shape index (κ3) is 4.46. The lowest BCUT2D eigenvalue weighted by Crippen LogP contribution is -2.34. The molecule has 1 aliphatic carbocycles. The summed E-state index contributed by atoms with van der Waals surface area (Å²) in [5.74, 6) is 0.980. The minimum atomic E-state index is 0. The highest BCUT2D eigenvalue weighted by molar-refractivity contribution is 8.93. The van der Waals surface area contributed by atoms with Crippen LogP contribution in [0.25, 0.3) is 0 Å². The molecule has 27 heavy (non-hydrogen) atoms. The second kappa shape index (κ2) is 8.30. The molecule has 5 heteroatoms. The fourth-order valence-electron chi connectivity index (χ4n) is 4.08. The summed E-state index contributed by atoms with van der Waals surface area (Å²) in [6, 6.07) is 6.35. The van der Waals surface area contributed by atoms with Crippen molar-refractivity contribution in [3.05, 3.63) is 45.5 Å². The smallest absolute Gasteiger partial charge is 0.182 e. The van der Waals surface area contributed by atoms with Crippen molar-refractivity contribution in [1.29, 1.82) is 0 Å². The van der Waals surface area contributed by atoms with E-state index in [0.717, 1.165) is 23.6 Å². The molecule has 0 aromatic heterocycles. The van der Waals surface area contributed by atoms with Crippen molar-refractivity contribution in [3.8, 4) is 0 Å². The van der Waals surface area contributed by atoms with Gasteiger partial charge in [0.05, 0.1) is 12.4 Å². The summed E-state index contributed by atoms with van der Waals surface area (Å²) < 4.78 is 0. The Morgan fingerprint density at radius 2 is 1.78 bits per heavy atom. The molecule has 0 fully saturated rings. The SMILES string of the molecule is Br.CC1=C(CCO)SCN1CC(=O)c1ccc2c(c1)C(C)(C)CCC2(C)C. The molecule has 0 saturated heterocycles. The normalized spacial score (nSPS) is 20.3. The second-order valence-corrected chi connectivity index (χ2v) is 9.94. The van der Waals surface area contributed by atoms with Gasteiger partial charge in [-0.3, -0.25) is 4.79 Å². The number of benzene rings is 1. The Morgan fingerprint density at radius 1 is 1.15 bits per heavy atom. The van der Waals surface area contributed by atoms with Crippen molar-refractivity contribution in [2.24, 2.45) is 0 Å². The van der Waals surface area contributed by atoms with Crippen molar-refractivity contribution in [2.45, 2.75) is 64.7 Å². The van der Waals surface area contributed by atoms with Crippen molar-refractivity contribution >= 4 is 34.5 Å². The van der Waals surface area contributed by atoms with Crippen LogP contribution in [-0.2, 0) is 10.8 Å². The highest BCUT2D eigenvalue weighted by Gasteiger charge is 2.37. The number of hydrogen-bond acceptors (Lipinski definition) is 4. The van der Waals surface area contributed by atoms with Crippen LogP contribution in [0.2, 0.25) is 0 Å². The van der Waals surface area contributed by atoms with E-state index in [2.05, 4.69) is 51.7 Å². The lowest BCUT2D eigenvalue weighted by molar-refractivity contribution is 0.0958. The monoisotopic (exact) mass is 453 g/mol. The van der Waals surface area contributed by atoms with Gasteiger partial charge in [-0.25, -0.2) is 0 Å². The van der Waals surface area contributed by atoms with Crippen LogP contribution in [0.5, 0.6) is 0 Å². The number of aliphatic hydroxyl groups is 1. The van der Waals surface area contributed by atoms with Crippen molar-refractivity contribution in [1.82, 2.24) is 4.90 Å². The molecular formula is C22H32BrNO2S. The Hall–Kier alpha value is -0.780. The van der Waals surface area contributed by atoms with E-state index in [9.17, 15) is 4.79 Å². The van der Waals surface area contributed by atoms with E-state index in [0.29, 0.717) is 13.0 Å². The van der Waals surface area contributed by atoms with Gasteiger partial charge in [0.15, 0.2) is 5.78 Å². The quantitative estimate of drug-likeness (QED) is 0.604. The van der Waals surface area contributed by atoms with Gasteiger partial charge in [0, 0.05) is 29.2 Å². The number of aliphatic hydroxyl groups excluding tert-OH is 1. The first-order valence-electron chi connectivity index (χ1n) is 9.52. The van der Waals surface area contributed by atoms with Gasteiger partial charge in [-0.05, 0) is 47.8 Å². The molecule has 3 rings (SSSR count). The summed E-state index contributed by atoms with van der Waals surface area (Å²) in [7, 11) is 0. The minimum absolute atomic E-state index is 0. The van der Waals surface area contributed by atoms with Gasteiger partial charge in [0.25, 0.3) is 0 Å². The summed E-state index contributed by atoms with van der Waals surface area (Å²) in [6.45, 7) is 11.8. The number of nitrogens with zero attached hydrogens (tertiary/aromatic N) is 1. The number of halogens is 1. The standard InChI is InChI=1S/C22H31NO2S.BrH/c1-15-20(8-11-24)26-14-23(15)13-19(25)16-6-7-17-18(12-16)22(4,5)10-9-21(17,2)3;/h6-7,12,24H,8-11,13-14H2,1-5H3;1H. The molecular weight excluding hydrogens is 422 g/mol. The average Bonchev–Trinajstić information content (AvgIpc) is 2.92. The summed E-state index contributed by atoms with van der Waals surface area (Å²) in [4.78, 5) is 16.3. The average molecular weight is 454 g/mol. The molecule has 0 spiro atoms. The predicted octanol–water partition coefficient (Wildman–Crippen LogP) is 5.42. The molecule has 0 amide bonds. The van der Waals surface area contributed by atoms with Gasteiger partial charge >= 0.3 is 0 Å². The Balaban J connectivity index is 0.00000261. The summed E-state index contributed by atoms with van der Waals surface area (Å²) in [6.07, 6.45) is 3.02. The van der Waals surface area contributed by atoms with E-state index in [1.807, 2.05) is 6.07 Å². The number of carbonyl (C=O) groups is 1. The predicted molar refractivity (Wildman–Crippen MR) is 120 cm³/mol. The van der Waals surface area contributed by atoms with E-state index < -0.39 is 0 Å². The van der Waals surface area contributed by atoms with Crippen LogP contribution in [0.3, 0.4) is 0 Å². The molecule has 0 unspecified atom stereocenters. The highest BCUT2D eigenvalue weighted by Crippen LogP contribution is 2.46. The maximum absolute atomic E-state index is 12.9. The first kappa shape index (κ1) is 22.5. The number of carbonyl (C=O) groups excluding carboxylic acids is 1. The van der Waals surface area contributed by atoms with Crippen molar-refractivity contribution in [3.63, 3.8) is 0 Å². The summed E-state index contributed by atoms with van der Waals surface area (Å²) in [5, 5.41) is 9.16. The molecule has 0 bridgehead atoms. The molecule has 0 atom stereocenters. The number of fused-ring (bicyclic) bond motifs is 1. The molecule has 2 aliphatic rings. The van der Waals surface area contributed by atoms with Crippen LogP contribution in [0.4, 0.5) is 0 Å². The summed E-state index contributed by atoms with van der Waals surface area (Å²) in [5.41, 5.74) is 4.98. The zero-order chi connectivity index (χ0) is 19.1. The third-order valence-electron chi connectivity index (χ3n) is 6.12. The molecule has 1 heterocycles. The fourth-order valence-corrected chi connectivity index (χ4v) is 5.25. The molecule has 1 aromatic rings. The van der Waals surface area contributed by atoms with Crippen LogP contribution in [-0.4, -0.2) is 34.8 Å². The molecule has 1 N–H and O–H groups in total. The van der Waals surface area contributed by atoms with E-state index in [4.69, 9.17) is 5.11 Å². The maximum atomic E-state index is 12.9. The van der Waals surface area contributed by atoms with E-state index in [1.54, 1.807) is 11.8 Å². The Labute approximate surface area is 178 Å². The van der Waals surface area contributed by atoms with Gasteiger partial charge in [-0.1, -0.05) is 39.8 Å². The van der Waals surface area contributed by atoms with E-state index in [-0.39, 0.29) is 40.2 Å². The molecule has 0 saturated carbocycles. The first-order chi connectivity index (χ1) is 12.2. The lowest BCUT2D eigenvalue weighted by Gasteiger charge is -2.42. The Bertz CT molecular complexity index is 755. The Morgan fingerprint density at radius 3 is 2.41 bits per heavy atom. The third-order valence-corrected chi connectivity index (χ3v) is 7.41. The minimum Gasteiger partial charge on any atom is -0.396 e. The number of thioether (sulfide) groups is 1. The number of Topliss-reactive ketones (excluding diaryl/α,β-unsaturated/α-hetero) is 1. The van der Waals surface area contributed by atoms with Gasteiger partial charge in [0.1, 0.15) is 0 Å². The number of ketones is 1. The van der Waals surface area contributed by atoms with Crippen molar-refractivity contribution < 1.29 is 9.90 Å².